The summed E-state index contributed by atoms with van der Waals surface area (Å²) in [5.41, 5.74) is 7.07. The number of nitrogens with two attached hydrogens (primary N) is 1. The zero-order valence-electron chi connectivity index (χ0n) is 13.3. The summed E-state index contributed by atoms with van der Waals surface area (Å²) in [5, 5.41) is 0. The molecule has 0 aliphatic carbocycles. The van der Waals surface area contributed by atoms with Crippen molar-refractivity contribution in [2.24, 2.45) is 11.7 Å². The lowest BCUT2D eigenvalue weighted by Gasteiger charge is -2.39. The van der Waals surface area contributed by atoms with Gasteiger partial charge in [0.25, 0.3) is 0 Å². The number of amides is 1. The number of benzene rings is 1. The molecule has 4 heteroatoms. The molecule has 1 aromatic carbocycles. The van der Waals surface area contributed by atoms with Gasteiger partial charge in [-0.05, 0) is 42.7 Å². The Hall–Kier alpha value is -1.55. The van der Waals surface area contributed by atoms with E-state index < -0.39 is 0 Å². The molecule has 2 aliphatic heterocycles. The van der Waals surface area contributed by atoms with E-state index in [9.17, 15) is 4.79 Å². The van der Waals surface area contributed by atoms with Gasteiger partial charge in [-0.3, -0.25) is 4.79 Å². The molecule has 0 radical (unpaired) electrons. The molecule has 1 amide bonds. The molecule has 3 unspecified atom stereocenters. The van der Waals surface area contributed by atoms with Crippen LogP contribution in [0.1, 0.15) is 44.1 Å². The molecule has 0 spiro atoms. The van der Waals surface area contributed by atoms with Crippen molar-refractivity contribution in [3.8, 4) is 5.75 Å². The van der Waals surface area contributed by atoms with Crippen LogP contribution in [0, 0.1) is 5.92 Å². The number of hydrogen-bond donors (Lipinski definition) is 1. The van der Waals surface area contributed by atoms with E-state index in [2.05, 4.69) is 13.0 Å². The van der Waals surface area contributed by atoms with Crippen LogP contribution >= 0.6 is 0 Å². The van der Waals surface area contributed by atoms with Crippen molar-refractivity contribution in [3.63, 3.8) is 0 Å². The molecule has 2 N–H and O–H groups in total. The van der Waals surface area contributed by atoms with E-state index >= 15 is 0 Å². The van der Waals surface area contributed by atoms with Crippen LogP contribution in [0.25, 0.3) is 0 Å². The molecule has 22 heavy (non-hydrogen) atoms. The van der Waals surface area contributed by atoms with Gasteiger partial charge in [0, 0.05) is 25.6 Å². The van der Waals surface area contributed by atoms with Crippen molar-refractivity contribution in [3.05, 3.63) is 29.8 Å². The smallest absolute Gasteiger partial charge is 0.223 e. The number of para-hydroxylation sites is 1. The van der Waals surface area contributed by atoms with E-state index in [-0.39, 0.29) is 17.9 Å². The number of carbonyl (C=O) groups is 1. The molecule has 3 atom stereocenters. The predicted molar refractivity (Wildman–Crippen MR) is 86.9 cm³/mol. The van der Waals surface area contributed by atoms with Gasteiger partial charge in [-0.1, -0.05) is 25.1 Å². The first-order valence-corrected chi connectivity index (χ1v) is 8.40. The fourth-order valence-corrected chi connectivity index (χ4v) is 3.76. The number of ether oxygens (including phenoxy) is 1. The molecule has 1 fully saturated rings. The van der Waals surface area contributed by atoms with Crippen LogP contribution in [0.3, 0.4) is 0 Å². The number of likely N-dealkylation sites (tertiary alicyclic amines) is 1. The highest BCUT2D eigenvalue weighted by atomic mass is 16.5. The molecule has 2 aliphatic rings. The Labute approximate surface area is 132 Å². The Morgan fingerprint density at radius 1 is 1.36 bits per heavy atom. The highest BCUT2D eigenvalue weighted by Gasteiger charge is 2.31. The zero-order valence-corrected chi connectivity index (χ0v) is 13.3. The van der Waals surface area contributed by atoms with Crippen LogP contribution in [-0.2, 0) is 4.79 Å². The van der Waals surface area contributed by atoms with Gasteiger partial charge >= 0.3 is 0 Å². The highest BCUT2D eigenvalue weighted by molar-refractivity contribution is 5.78. The van der Waals surface area contributed by atoms with Crippen molar-refractivity contribution in [1.82, 2.24) is 4.90 Å². The average Bonchev–Trinajstić information content (AvgIpc) is 2.55. The minimum absolute atomic E-state index is 0.214. The van der Waals surface area contributed by atoms with Gasteiger partial charge in [-0.2, -0.15) is 0 Å². The lowest BCUT2D eigenvalue weighted by Crippen LogP contribution is -2.49. The Kier molecular flexibility index (Phi) is 4.67. The average molecular weight is 302 g/mol. The molecule has 3 rings (SSSR count). The second-order valence-corrected chi connectivity index (χ2v) is 6.68. The predicted octanol–water partition coefficient (Wildman–Crippen LogP) is 2.53. The molecule has 0 saturated carbocycles. The summed E-state index contributed by atoms with van der Waals surface area (Å²) in [4.78, 5) is 14.8. The molecule has 2 heterocycles. The van der Waals surface area contributed by atoms with Crippen LogP contribution in [0.4, 0.5) is 0 Å². The number of carbonyl (C=O) groups excluding carboxylic acids is 1. The normalized spacial score (nSPS) is 27.9. The molecule has 120 valence electrons. The minimum atomic E-state index is 0.214. The monoisotopic (exact) mass is 302 g/mol. The lowest BCUT2D eigenvalue weighted by atomic mass is 9.88. The van der Waals surface area contributed by atoms with E-state index in [1.54, 1.807) is 0 Å². The Morgan fingerprint density at radius 3 is 3.00 bits per heavy atom. The van der Waals surface area contributed by atoms with Crippen molar-refractivity contribution in [1.29, 1.82) is 0 Å². The van der Waals surface area contributed by atoms with E-state index in [0.29, 0.717) is 25.5 Å². The van der Waals surface area contributed by atoms with Gasteiger partial charge in [0.15, 0.2) is 0 Å². The van der Waals surface area contributed by atoms with Crippen LogP contribution < -0.4 is 10.5 Å². The van der Waals surface area contributed by atoms with E-state index in [1.807, 2.05) is 23.1 Å². The number of nitrogens with zero attached hydrogens (tertiary/aromatic N) is 1. The molecular weight excluding hydrogens is 276 g/mol. The number of hydrogen-bond acceptors (Lipinski definition) is 3. The largest absolute Gasteiger partial charge is 0.493 e. The summed E-state index contributed by atoms with van der Waals surface area (Å²) in [6.07, 6.45) is 3.62. The number of piperidine rings is 1. The van der Waals surface area contributed by atoms with Gasteiger partial charge in [-0.15, -0.1) is 0 Å². The Morgan fingerprint density at radius 2 is 2.18 bits per heavy atom. The quantitative estimate of drug-likeness (QED) is 0.933. The first-order chi connectivity index (χ1) is 10.7. The maximum Gasteiger partial charge on any atom is 0.223 e. The molecular formula is C18H26N2O2. The minimum Gasteiger partial charge on any atom is -0.493 e. The third-order valence-electron chi connectivity index (χ3n) is 5.07. The molecule has 1 saturated heterocycles. The maximum absolute atomic E-state index is 12.8. The number of fused-ring (bicyclic) bond motifs is 1. The standard InChI is InChI=1S/C18H26N2O2/c1-13-6-8-20(15(10-13)12-19)18(21)11-14-7-9-22-17-5-3-2-4-16(14)17/h2-5,13-15H,6-12,19H2,1H3. The first-order valence-electron chi connectivity index (χ1n) is 8.40. The van der Waals surface area contributed by atoms with Crippen molar-refractivity contribution >= 4 is 5.91 Å². The Balaban J connectivity index is 1.69. The van der Waals surface area contributed by atoms with Gasteiger partial charge in [-0.25, -0.2) is 0 Å². The maximum atomic E-state index is 12.8. The fourth-order valence-electron chi connectivity index (χ4n) is 3.76. The summed E-state index contributed by atoms with van der Waals surface area (Å²) in [5.74, 6) is 2.13. The van der Waals surface area contributed by atoms with Crippen molar-refractivity contribution in [2.75, 3.05) is 19.7 Å². The Bertz CT molecular complexity index is 532. The second-order valence-electron chi connectivity index (χ2n) is 6.68. The third-order valence-corrected chi connectivity index (χ3v) is 5.07. The molecule has 4 nitrogen and oxygen atoms in total. The van der Waals surface area contributed by atoms with Gasteiger partial charge < -0.3 is 15.4 Å². The highest BCUT2D eigenvalue weighted by Crippen LogP contribution is 2.36. The van der Waals surface area contributed by atoms with Crippen molar-refractivity contribution in [2.45, 2.75) is 44.6 Å². The molecule has 0 bridgehead atoms. The van der Waals surface area contributed by atoms with Crippen LogP contribution in [-0.4, -0.2) is 36.5 Å². The third kappa shape index (κ3) is 3.12. The van der Waals surface area contributed by atoms with E-state index in [1.165, 1.54) is 5.56 Å². The van der Waals surface area contributed by atoms with Crippen molar-refractivity contribution < 1.29 is 9.53 Å². The first kappa shape index (κ1) is 15.3. The molecule has 1 aromatic rings. The fraction of sp³-hybridized carbons (Fsp3) is 0.611. The van der Waals surface area contributed by atoms with Gasteiger partial charge in [0.2, 0.25) is 5.91 Å². The molecule has 0 aromatic heterocycles. The SMILES string of the molecule is CC1CCN(C(=O)CC2CCOc3ccccc32)C(CN)C1. The topological polar surface area (TPSA) is 55.6 Å². The number of rotatable bonds is 3. The summed E-state index contributed by atoms with van der Waals surface area (Å²) in [7, 11) is 0. The summed E-state index contributed by atoms with van der Waals surface area (Å²) < 4.78 is 5.69. The van der Waals surface area contributed by atoms with E-state index in [0.717, 1.165) is 31.6 Å². The van der Waals surface area contributed by atoms with Gasteiger partial charge in [0.1, 0.15) is 5.75 Å². The van der Waals surface area contributed by atoms with E-state index in [4.69, 9.17) is 10.5 Å². The second kappa shape index (κ2) is 6.69. The van der Waals surface area contributed by atoms with Crippen LogP contribution in [0.2, 0.25) is 0 Å². The summed E-state index contributed by atoms with van der Waals surface area (Å²) in [6.45, 7) is 4.37. The van der Waals surface area contributed by atoms with Gasteiger partial charge in [0.05, 0.1) is 6.61 Å². The van der Waals surface area contributed by atoms with Crippen LogP contribution in [0.15, 0.2) is 24.3 Å². The summed E-state index contributed by atoms with van der Waals surface area (Å²) >= 11 is 0. The summed E-state index contributed by atoms with van der Waals surface area (Å²) in [6, 6.07) is 8.31. The van der Waals surface area contributed by atoms with Crippen LogP contribution in [0.5, 0.6) is 5.75 Å². The lowest BCUT2D eigenvalue weighted by molar-refractivity contribution is -0.135. The zero-order chi connectivity index (χ0) is 15.5.